The van der Waals surface area contributed by atoms with E-state index in [4.69, 9.17) is 14.2 Å². The molecule has 0 radical (unpaired) electrons. The van der Waals surface area contributed by atoms with Crippen LogP contribution in [0.1, 0.15) is 356 Å². The second-order valence-corrected chi connectivity index (χ2v) is 22.4. The molecule has 6 nitrogen and oxygen atoms in total. The topological polar surface area (TPSA) is 78.9 Å². The summed E-state index contributed by atoms with van der Waals surface area (Å²) in [5.74, 6) is 0.871. The van der Waals surface area contributed by atoms with Crippen LogP contribution in [0, 0.1) is 11.8 Å². The number of carbonyl (C=O) groups is 3. The van der Waals surface area contributed by atoms with E-state index in [1.54, 1.807) is 0 Å². The SMILES string of the molecule is CCCCCCCCCCCCCCCCCCCCC(=O)O[C@@H](COC(=O)CCCCCCCCCCCCCCCCCCCCC(C)C)COC(=O)CCCCCCCCCCC(C)CC. The molecular weight excluding hydrogens is 853 g/mol. The fourth-order valence-electron chi connectivity index (χ4n) is 9.73. The smallest absolute Gasteiger partial charge is 0.306 e. The molecule has 0 aliphatic rings. The Morgan fingerprint density at radius 1 is 0.304 bits per heavy atom. The minimum Gasteiger partial charge on any atom is -0.462 e. The summed E-state index contributed by atoms with van der Waals surface area (Å²) in [6, 6.07) is 0. The van der Waals surface area contributed by atoms with Gasteiger partial charge in [0.25, 0.3) is 0 Å². The van der Waals surface area contributed by atoms with Crippen molar-refractivity contribution in [1.29, 1.82) is 0 Å². The van der Waals surface area contributed by atoms with Gasteiger partial charge in [0.15, 0.2) is 6.10 Å². The van der Waals surface area contributed by atoms with Gasteiger partial charge < -0.3 is 14.2 Å². The average Bonchev–Trinajstić information content (AvgIpc) is 3.34. The fraction of sp³-hybridized carbons (Fsp3) is 0.952. The minimum absolute atomic E-state index is 0.0625. The fourth-order valence-corrected chi connectivity index (χ4v) is 9.73. The Balaban J connectivity index is 4.24. The van der Waals surface area contributed by atoms with Gasteiger partial charge in [-0.05, 0) is 31.1 Å². The van der Waals surface area contributed by atoms with Gasteiger partial charge in [0.05, 0.1) is 0 Å². The zero-order valence-corrected chi connectivity index (χ0v) is 47.5. The standard InChI is InChI=1S/C63H122O6/c1-6-8-9-10-11-12-13-14-15-16-20-24-27-30-33-40-45-50-55-63(66)69-60(57-68-62(65)54-49-44-39-35-34-37-42-47-52-59(5)7-2)56-67-61(64)53-48-43-38-32-29-26-23-21-18-17-19-22-25-28-31-36-41-46-51-58(3)4/h58-60H,6-57H2,1-5H3/t59?,60-/m0/s1. The van der Waals surface area contributed by atoms with Crippen molar-refractivity contribution in [2.24, 2.45) is 11.8 Å². The molecule has 0 aromatic carbocycles. The molecule has 0 amide bonds. The third-order valence-electron chi connectivity index (χ3n) is 14.8. The number of hydrogen-bond acceptors (Lipinski definition) is 6. The highest BCUT2D eigenvalue weighted by Crippen LogP contribution is 2.19. The van der Waals surface area contributed by atoms with Crippen molar-refractivity contribution in [2.45, 2.75) is 362 Å². The zero-order valence-electron chi connectivity index (χ0n) is 47.5. The van der Waals surface area contributed by atoms with E-state index < -0.39 is 6.10 Å². The molecule has 1 unspecified atom stereocenters. The normalized spacial score (nSPS) is 12.4. The molecule has 0 aromatic heterocycles. The van der Waals surface area contributed by atoms with Gasteiger partial charge in [0.2, 0.25) is 0 Å². The monoisotopic (exact) mass is 975 g/mol. The number of carbonyl (C=O) groups excluding carboxylic acids is 3. The van der Waals surface area contributed by atoms with E-state index >= 15 is 0 Å². The maximum absolute atomic E-state index is 12.9. The summed E-state index contributed by atoms with van der Waals surface area (Å²) in [6.07, 6.45) is 61.0. The van der Waals surface area contributed by atoms with Gasteiger partial charge in [0, 0.05) is 19.3 Å². The number of unbranched alkanes of at least 4 members (excludes halogenated alkanes) is 41. The summed E-state index contributed by atoms with van der Waals surface area (Å²) >= 11 is 0. The van der Waals surface area contributed by atoms with Crippen molar-refractivity contribution in [3.05, 3.63) is 0 Å². The number of hydrogen-bond donors (Lipinski definition) is 0. The third kappa shape index (κ3) is 55.6. The molecule has 0 bridgehead atoms. The van der Waals surface area contributed by atoms with Gasteiger partial charge in [-0.25, -0.2) is 0 Å². The highest BCUT2D eigenvalue weighted by Gasteiger charge is 2.19. The van der Waals surface area contributed by atoms with E-state index in [9.17, 15) is 14.4 Å². The molecule has 6 heteroatoms. The quantitative estimate of drug-likeness (QED) is 0.0343. The maximum atomic E-state index is 12.9. The van der Waals surface area contributed by atoms with Gasteiger partial charge in [-0.1, -0.05) is 317 Å². The molecule has 0 aromatic rings. The molecule has 0 spiro atoms. The second-order valence-electron chi connectivity index (χ2n) is 22.4. The summed E-state index contributed by atoms with van der Waals surface area (Å²) in [6.45, 7) is 11.4. The number of esters is 3. The Kier molecular flexibility index (Phi) is 54.4. The molecule has 0 saturated heterocycles. The lowest BCUT2D eigenvalue weighted by atomic mass is 9.99. The molecule has 2 atom stereocenters. The van der Waals surface area contributed by atoms with Crippen molar-refractivity contribution >= 4 is 17.9 Å². The van der Waals surface area contributed by atoms with Crippen LogP contribution in [0.5, 0.6) is 0 Å². The van der Waals surface area contributed by atoms with Crippen molar-refractivity contribution in [3.63, 3.8) is 0 Å². The number of ether oxygens (including phenoxy) is 3. The Labute approximate surface area is 431 Å². The summed E-state index contributed by atoms with van der Waals surface area (Å²) in [4.78, 5) is 38.2. The Morgan fingerprint density at radius 3 is 0.826 bits per heavy atom. The highest BCUT2D eigenvalue weighted by atomic mass is 16.6. The molecule has 0 rings (SSSR count). The van der Waals surface area contributed by atoms with Crippen LogP contribution in [0.4, 0.5) is 0 Å². The van der Waals surface area contributed by atoms with Gasteiger partial charge in [-0.2, -0.15) is 0 Å². The van der Waals surface area contributed by atoms with Crippen molar-refractivity contribution in [1.82, 2.24) is 0 Å². The first kappa shape index (κ1) is 67.4. The molecule has 0 N–H and O–H groups in total. The van der Waals surface area contributed by atoms with Crippen LogP contribution in [0.2, 0.25) is 0 Å². The van der Waals surface area contributed by atoms with E-state index in [0.29, 0.717) is 19.3 Å². The first-order valence-electron chi connectivity index (χ1n) is 31.3. The van der Waals surface area contributed by atoms with Crippen molar-refractivity contribution in [2.75, 3.05) is 13.2 Å². The van der Waals surface area contributed by atoms with Gasteiger partial charge >= 0.3 is 17.9 Å². The predicted octanol–water partition coefficient (Wildman–Crippen LogP) is 20.8. The van der Waals surface area contributed by atoms with Crippen LogP contribution in [0.3, 0.4) is 0 Å². The lowest BCUT2D eigenvalue weighted by molar-refractivity contribution is -0.167. The highest BCUT2D eigenvalue weighted by molar-refractivity contribution is 5.71. The van der Waals surface area contributed by atoms with Gasteiger partial charge in [0.1, 0.15) is 13.2 Å². The van der Waals surface area contributed by atoms with E-state index in [1.807, 2.05) is 0 Å². The van der Waals surface area contributed by atoms with E-state index in [2.05, 4.69) is 34.6 Å². The molecule has 0 heterocycles. The van der Waals surface area contributed by atoms with Crippen LogP contribution < -0.4 is 0 Å². The van der Waals surface area contributed by atoms with Crippen LogP contribution in [0.15, 0.2) is 0 Å². The predicted molar refractivity (Wildman–Crippen MR) is 298 cm³/mol. The first-order chi connectivity index (χ1) is 33.8. The zero-order chi connectivity index (χ0) is 50.4. The molecule has 410 valence electrons. The molecule has 0 saturated carbocycles. The lowest BCUT2D eigenvalue weighted by Gasteiger charge is -2.18. The Hall–Kier alpha value is -1.59. The molecular formula is C63H122O6. The minimum atomic E-state index is -0.764. The molecule has 0 aliphatic carbocycles. The Morgan fingerprint density at radius 2 is 0.551 bits per heavy atom. The third-order valence-corrected chi connectivity index (χ3v) is 14.8. The Bertz CT molecular complexity index is 1060. The lowest BCUT2D eigenvalue weighted by Crippen LogP contribution is -2.30. The van der Waals surface area contributed by atoms with E-state index in [0.717, 1.165) is 69.6 Å². The van der Waals surface area contributed by atoms with Crippen LogP contribution in [0.25, 0.3) is 0 Å². The maximum Gasteiger partial charge on any atom is 0.306 e. The van der Waals surface area contributed by atoms with Gasteiger partial charge in [-0.3, -0.25) is 14.4 Å². The van der Waals surface area contributed by atoms with Crippen molar-refractivity contribution < 1.29 is 28.6 Å². The van der Waals surface area contributed by atoms with Crippen LogP contribution in [-0.2, 0) is 28.6 Å². The summed E-state index contributed by atoms with van der Waals surface area (Å²) in [5.41, 5.74) is 0. The average molecular weight is 976 g/mol. The summed E-state index contributed by atoms with van der Waals surface area (Å²) in [7, 11) is 0. The summed E-state index contributed by atoms with van der Waals surface area (Å²) < 4.78 is 16.9. The number of rotatable bonds is 57. The van der Waals surface area contributed by atoms with Crippen LogP contribution >= 0.6 is 0 Å². The molecule has 0 fully saturated rings. The first-order valence-corrected chi connectivity index (χ1v) is 31.3. The van der Waals surface area contributed by atoms with Crippen LogP contribution in [-0.4, -0.2) is 37.2 Å². The van der Waals surface area contributed by atoms with Gasteiger partial charge in [-0.15, -0.1) is 0 Å². The molecule has 69 heavy (non-hydrogen) atoms. The second kappa shape index (κ2) is 55.7. The largest absolute Gasteiger partial charge is 0.462 e. The van der Waals surface area contributed by atoms with E-state index in [1.165, 1.54) is 244 Å². The molecule has 0 aliphatic heterocycles. The summed E-state index contributed by atoms with van der Waals surface area (Å²) in [5, 5.41) is 0. The van der Waals surface area contributed by atoms with Crippen molar-refractivity contribution in [3.8, 4) is 0 Å². The van der Waals surface area contributed by atoms with E-state index in [-0.39, 0.29) is 31.1 Å².